The lowest BCUT2D eigenvalue weighted by Crippen LogP contribution is -2.19. The number of carbonyl (C=O) groups is 3. The Labute approximate surface area is 174 Å². The topological polar surface area (TPSA) is 69.7 Å². The van der Waals surface area contributed by atoms with Gasteiger partial charge >= 0.3 is 5.97 Å². The highest BCUT2D eigenvalue weighted by Crippen LogP contribution is 2.36. The van der Waals surface area contributed by atoms with E-state index in [1.165, 1.54) is 18.1 Å². The molecule has 0 amide bonds. The van der Waals surface area contributed by atoms with Crippen LogP contribution in [0.4, 0.5) is 0 Å². The molecular weight excluding hydrogens is 380 g/mol. The zero-order chi connectivity index (χ0) is 21.1. The average Bonchev–Trinajstić information content (AvgIpc) is 3.14. The molecule has 5 heteroatoms. The molecule has 0 aliphatic heterocycles. The highest BCUT2D eigenvalue weighted by molar-refractivity contribution is 5.99. The fourth-order valence-electron chi connectivity index (χ4n) is 3.50. The molecule has 4 rings (SSSR count). The van der Waals surface area contributed by atoms with Crippen LogP contribution in [0, 0.1) is 0 Å². The third kappa shape index (κ3) is 4.15. The fourth-order valence-corrected chi connectivity index (χ4v) is 3.50. The first-order valence-corrected chi connectivity index (χ1v) is 9.65. The minimum Gasteiger partial charge on any atom is -0.482 e. The van der Waals surface area contributed by atoms with E-state index in [2.05, 4.69) is 12.1 Å². The van der Waals surface area contributed by atoms with Crippen LogP contribution < -0.4 is 4.74 Å². The number of benzene rings is 3. The number of rotatable bonds is 7. The van der Waals surface area contributed by atoms with E-state index in [9.17, 15) is 14.4 Å². The Morgan fingerprint density at radius 2 is 1.50 bits per heavy atom. The van der Waals surface area contributed by atoms with Crippen LogP contribution >= 0.6 is 0 Å². The molecule has 30 heavy (non-hydrogen) atoms. The number of hydrogen-bond donors (Lipinski definition) is 0. The molecular formula is C25H20O5. The lowest BCUT2D eigenvalue weighted by atomic mass is 10.0. The molecule has 1 aliphatic carbocycles. The molecule has 0 atom stereocenters. The van der Waals surface area contributed by atoms with E-state index in [1.807, 2.05) is 24.3 Å². The smallest absolute Gasteiger partial charge is 0.344 e. The normalized spacial score (nSPS) is 11.4. The predicted molar refractivity (Wildman–Crippen MR) is 112 cm³/mol. The highest BCUT2D eigenvalue weighted by atomic mass is 16.6. The maximum Gasteiger partial charge on any atom is 0.344 e. The van der Waals surface area contributed by atoms with Gasteiger partial charge in [-0.3, -0.25) is 9.59 Å². The summed E-state index contributed by atoms with van der Waals surface area (Å²) in [6.07, 6.45) is 0.861. The molecule has 0 heterocycles. The van der Waals surface area contributed by atoms with Crippen molar-refractivity contribution in [2.75, 3.05) is 13.2 Å². The highest BCUT2D eigenvalue weighted by Gasteiger charge is 2.20. The van der Waals surface area contributed by atoms with Gasteiger partial charge in [0.05, 0.1) is 0 Å². The summed E-state index contributed by atoms with van der Waals surface area (Å²) in [6, 6.07) is 20.2. The summed E-state index contributed by atoms with van der Waals surface area (Å²) in [5.74, 6) is -0.498. The molecule has 5 nitrogen and oxygen atoms in total. The van der Waals surface area contributed by atoms with E-state index in [1.54, 1.807) is 30.3 Å². The van der Waals surface area contributed by atoms with Crippen molar-refractivity contribution in [2.45, 2.75) is 13.3 Å². The van der Waals surface area contributed by atoms with Gasteiger partial charge in [0.1, 0.15) is 5.75 Å². The Balaban J connectivity index is 1.32. The number of Topliss-reactive ketones (excluding diaryl/α,β-unsaturated/α-hetero) is 2. The minimum absolute atomic E-state index is 0.0467. The lowest BCUT2D eigenvalue weighted by molar-refractivity contribution is -0.144. The van der Waals surface area contributed by atoms with E-state index >= 15 is 0 Å². The van der Waals surface area contributed by atoms with Gasteiger partial charge in [-0.1, -0.05) is 36.4 Å². The summed E-state index contributed by atoms with van der Waals surface area (Å²) in [7, 11) is 0. The Morgan fingerprint density at radius 1 is 0.800 bits per heavy atom. The zero-order valence-electron chi connectivity index (χ0n) is 16.5. The minimum atomic E-state index is -0.634. The number of ketones is 2. The van der Waals surface area contributed by atoms with Gasteiger partial charge in [0.15, 0.2) is 24.8 Å². The number of fused-ring (bicyclic) bond motifs is 3. The second kappa shape index (κ2) is 8.33. The van der Waals surface area contributed by atoms with Crippen LogP contribution in [-0.4, -0.2) is 30.7 Å². The second-order valence-electron chi connectivity index (χ2n) is 7.16. The molecule has 3 aromatic rings. The third-order valence-corrected chi connectivity index (χ3v) is 5.10. The van der Waals surface area contributed by atoms with E-state index in [0.29, 0.717) is 16.9 Å². The van der Waals surface area contributed by atoms with Crippen LogP contribution in [0.3, 0.4) is 0 Å². The van der Waals surface area contributed by atoms with Crippen molar-refractivity contribution in [3.63, 3.8) is 0 Å². The summed E-state index contributed by atoms with van der Waals surface area (Å²) in [6.45, 7) is 0.820. The van der Waals surface area contributed by atoms with Crippen molar-refractivity contribution >= 4 is 17.5 Å². The summed E-state index contributed by atoms with van der Waals surface area (Å²) in [4.78, 5) is 35.7. The molecule has 1 aliphatic rings. The molecule has 0 saturated heterocycles. The van der Waals surface area contributed by atoms with Gasteiger partial charge in [-0.25, -0.2) is 4.79 Å². The molecule has 0 fully saturated rings. The molecule has 3 aromatic carbocycles. The Hall–Kier alpha value is -3.73. The van der Waals surface area contributed by atoms with Gasteiger partial charge < -0.3 is 9.47 Å². The van der Waals surface area contributed by atoms with E-state index < -0.39 is 5.97 Å². The standard InChI is InChI=1S/C25H20O5/c1-16(26)17-8-10-21(11-9-17)29-15-25(28)30-14-24(27)20-7-6-19-12-18-4-2-3-5-22(18)23(19)13-20/h2-11,13H,12,14-15H2,1H3. The summed E-state index contributed by atoms with van der Waals surface area (Å²) < 4.78 is 10.4. The largest absolute Gasteiger partial charge is 0.482 e. The Morgan fingerprint density at radius 3 is 2.27 bits per heavy atom. The molecule has 0 unspecified atom stereocenters. The summed E-state index contributed by atoms with van der Waals surface area (Å²) >= 11 is 0. The number of ether oxygens (including phenoxy) is 2. The van der Waals surface area contributed by atoms with Crippen LogP contribution in [0.5, 0.6) is 5.75 Å². The van der Waals surface area contributed by atoms with E-state index in [4.69, 9.17) is 9.47 Å². The SMILES string of the molecule is CC(=O)c1ccc(OCC(=O)OCC(=O)c2ccc3c(c2)-c2ccccc2C3)cc1. The van der Waals surface area contributed by atoms with Crippen molar-refractivity contribution in [3.8, 4) is 16.9 Å². The molecule has 0 spiro atoms. The molecule has 150 valence electrons. The van der Waals surface area contributed by atoms with Crippen LogP contribution in [0.1, 0.15) is 38.8 Å². The zero-order valence-corrected chi connectivity index (χ0v) is 16.5. The van der Waals surface area contributed by atoms with Gasteiger partial charge in [0, 0.05) is 11.1 Å². The van der Waals surface area contributed by atoms with Crippen LogP contribution in [0.25, 0.3) is 11.1 Å². The van der Waals surface area contributed by atoms with Gasteiger partial charge in [0.2, 0.25) is 0 Å². The first-order valence-electron chi connectivity index (χ1n) is 9.65. The van der Waals surface area contributed by atoms with Crippen LogP contribution in [-0.2, 0) is 16.0 Å². The lowest BCUT2D eigenvalue weighted by Gasteiger charge is -2.08. The first-order chi connectivity index (χ1) is 14.5. The molecule has 0 aromatic heterocycles. The van der Waals surface area contributed by atoms with Crippen molar-refractivity contribution < 1.29 is 23.9 Å². The average molecular weight is 400 g/mol. The van der Waals surface area contributed by atoms with Gasteiger partial charge in [-0.2, -0.15) is 0 Å². The maximum atomic E-state index is 12.5. The number of esters is 1. The van der Waals surface area contributed by atoms with E-state index in [-0.39, 0.29) is 24.8 Å². The molecule has 0 radical (unpaired) electrons. The van der Waals surface area contributed by atoms with Crippen molar-refractivity contribution in [1.82, 2.24) is 0 Å². The quantitative estimate of drug-likeness (QED) is 0.342. The first kappa shape index (κ1) is 19.6. The number of carbonyl (C=O) groups excluding carboxylic acids is 3. The van der Waals surface area contributed by atoms with Crippen molar-refractivity contribution in [1.29, 1.82) is 0 Å². The molecule has 0 bridgehead atoms. The van der Waals surface area contributed by atoms with Crippen molar-refractivity contribution in [3.05, 3.63) is 89.0 Å². The van der Waals surface area contributed by atoms with Gasteiger partial charge in [-0.05, 0) is 65.9 Å². The molecule has 0 saturated carbocycles. The molecule has 0 N–H and O–H groups in total. The van der Waals surface area contributed by atoms with Crippen LogP contribution in [0.2, 0.25) is 0 Å². The third-order valence-electron chi connectivity index (χ3n) is 5.10. The second-order valence-corrected chi connectivity index (χ2v) is 7.16. The van der Waals surface area contributed by atoms with E-state index in [0.717, 1.165) is 17.5 Å². The summed E-state index contributed by atoms with van der Waals surface area (Å²) in [5, 5.41) is 0. The summed E-state index contributed by atoms with van der Waals surface area (Å²) in [5.41, 5.74) is 5.71. The van der Waals surface area contributed by atoms with Crippen molar-refractivity contribution in [2.24, 2.45) is 0 Å². The monoisotopic (exact) mass is 400 g/mol. The van der Waals surface area contributed by atoms with Gasteiger partial charge in [0.25, 0.3) is 0 Å². The predicted octanol–water partition coefficient (Wildman–Crippen LogP) is 4.27. The Kier molecular flexibility index (Phi) is 5.44. The Bertz CT molecular complexity index is 1130. The van der Waals surface area contributed by atoms with Gasteiger partial charge in [-0.15, -0.1) is 0 Å². The maximum absolute atomic E-state index is 12.5. The fraction of sp³-hybridized carbons (Fsp3) is 0.160. The van der Waals surface area contributed by atoms with Crippen LogP contribution in [0.15, 0.2) is 66.7 Å². The number of hydrogen-bond acceptors (Lipinski definition) is 5.